The van der Waals surface area contributed by atoms with Crippen LogP contribution in [-0.4, -0.2) is 12.6 Å². The first kappa shape index (κ1) is 12.6. The van der Waals surface area contributed by atoms with E-state index in [0.717, 1.165) is 12.5 Å². The molecule has 0 bridgehead atoms. The van der Waals surface area contributed by atoms with Gasteiger partial charge in [0.25, 0.3) is 0 Å². The van der Waals surface area contributed by atoms with Crippen molar-refractivity contribution in [2.24, 2.45) is 11.3 Å². The van der Waals surface area contributed by atoms with Crippen LogP contribution < -0.4 is 5.32 Å². The largest absolute Gasteiger partial charge is 0.314 e. The number of benzene rings is 1. The van der Waals surface area contributed by atoms with Crippen molar-refractivity contribution in [2.75, 3.05) is 6.54 Å². The molecule has 1 nitrogen and oxygen atoms in total. The molecule has 1 heteroatoms. The molecule has 0 aliphatic heterocycles. The van der Waals surface area contributed by atoms with Gasteiger partial charge >= 0.3 is 0 Å². The predicted molar refractivity (Wildman–Crippen MR) is 74.1 cm³/mol. The first-order chi connectivity index (χ1) is 8.13. The Morgan fingerprint density at radius 3 is 2.47 bits per heavy atom. The molecule has 2 atom stereocenters. The molecule has 94 valence electrons. The van der Waals surface area contributed by atoms with E-state index in [1.54, 1.807) is 0 Å². The van der Waals surface area contributed by atoms with Gasteiger partial charge in [0.2, 0.25) is 0 Å². The Kier molecular flexibility index (Phi) is 3.88. The molecule has 1 saturated carbocycles. The molecular weight excluding hydrogens is 206 g/mol. The average Bonchev–Trinajstić information content (AvgIpc) is 2.95. The van der Waals surface area contributed by atoms with Crippen LogP contribution in [0.3, 0.4) is 0 Å². The van der Waals surface area contributed by atoms with E-state index in [2.05, 4.69) is 56.4 Å². The van der Waals surface area contributed by atoms with E-state index in [1.165, 1.54) is 24.8 Å². The van der Waals surface area contributed by atoms with Crippen LogP contribution >= 0.6 is 0 Å². The zero-order chi connectivity index (χ0) is 12.3. The summed E-state index contributed by atoms with van der Waals surface area (Å²) in [5.74, 6) is 0.881. The quantitative estimate of drug-likeness (QED) is 0.788. The van der Waals surface area contributed by atoms with Crippen molar-refractivity contribution in [2.45, 2.75) is 46.1 Å². The van der Waals surface area contributed by atoms with E-state index >= 15 is 0 Å². The topological polar surface area (TPSA) is 12.0 Å². The molecule has 0 spiro atoms. The third-order valence-electron chi connectivity index (χ3n) is 4.13. The highest BCUT2D eigenvalue weighted by atomic mass is 14.9. The van der Waals surface area contributed by atoms with E-state index in [9.17, 15) is 0 Å². The summed E-state index contributed by atoms with van der Waals surface area (Å²) in [7, 11) is 0. The van der Waals surface area contributed by atoms with Gasteiger partial charge in [0.1, 0.15) is 0 Å². The van der Waals surface area contributed by atoms with Crippen molar-refractivity contribution in [1.82, 2.24) is 5.32 Å². The summed E-state index contributed by atoms with van der Waals surface area (Å²) in [6, 6.07) is 11.5. The third kappa shape index (κ3) is 3.32. The number of aryl methyl sites for hydroxylation is 1. The number of hydrogen-bond acceptors (Lipinski definition) is 1. The average molecular weight is 231 g/mol. The molecule has 2 unspecified atom stereocenters. The van der Waals surface area contributed by atoms with Crippen molar-refractivity contribution < 1.29 is 0 Å². The van der Waals surface area contributed by atoms with E-state index < -0.39 is 0 Å². The lowest BCUT2D eigenvalue weighted by Crippen LogP contribution is -2.32. The van der Waals surface area contributed by atoms with Crippen LogP contribution in [0.5, 0.6) is 0 Å². The Bertz CT molecular complexity index is 342. The van der Waals surface area contributed by atoms with Gasteiger partial charge in [-0.25, -0.2) is 0 Å². The predicted octanol–water partition coefficient (Wildman–Crippen LogP) is 3.64. The van der Waals surface area contributed by atoms with Crippen molar-refractivity contribution >= 4 is 0 Å². The molecule has 1 fully saturated rings. The van der Waals surface area contributed by atoms with Gasteiger partial charge in [-0.05, 0) is 42.7 Å². The maximum absolute atomic E-state index is 3.67. The molecule has 17 heavy (non-hydrogen) atoms. The minimum atomic E-state index is 0.573. The number of rotatable bonds is 6. The first-order valence-corrected chi connectivity index (χ1v) is 6.91. The lowest BCUT2D eigenvalue weighted by Gasteiger charge is -2.19. The number of hydrogen-bond donors (Lipinski definition) is 1. The Morgan fingerprint density at radius 2 is 1.94 bits per heavy atom. The van der Waals surface area contributed by atoms with Gasteiger partial charge in [0.15, 0.2) is 0 Å². The Balaban J connectivity index is 1.86. The van der Waals surface area contributed by atoms with E-state index in [1.807, 2.05) is 0 Å². The van der Waals surface area contributed by atoms with E-state index in [-0.39, 0.29) is 0 Å². The first-order valence-electron chi connectivity index (χ1n) is 6.91. The van der Waals surface area contributed by atoms with Crippen LogP contribution in [0.4, 0.5) is 0 Å². The second-order valence-electron chi connectivity index (χ2n) is 5.99. The summed E-state index contributed by atoms with van der Waals surface area (Å²) in [6.07, 6.45) is 3.86. The van der Waals surface area contributed by atoms with Crippen molar-refractivity contribution in [3.63, 3.8) is 0 Å². The molecule has 0 amide bonds. The molecule has 0 heterocycles. The smallest absolute Gasteiger partial charge is 0.0104 e. The zero-order valence-corrected chi connectivity index (χ0v) is 11.4. The number of nitrogens with one attached hydrogen (secondary N) is 1. The van der Waals surface area contributed by atoms with E-state index in [0.29, 0.717) is 11.5 Å². The van der Waals surface area contributed by atoms with Crippen LogP contribution in [-0.2, 0) is 6.42 Å². The summed E-state index contributed by atoms with van der Waals surface area (Å²) in [4.78, 5) is 0. The second-order valence-corrected chi connectivity index (χ2v) is 5.99. The Labute approximate surface area is 106 Å². The summed E-state index contributed by atoms with van der Waals surface area (Å²) in [6.45, 7) is 8.09. The minimum absolute atomic E-state index is 0.573. The molecule has 0 aromatic heterocycles. The molecule has 1 N–H and O–H groups in total. The normalized spacial score (nSPS) is 23.4. The standard InChI is InChI=1S/C16H25N/c1-4-17-15(14-12-16(14,2)3)11-10-13-8-6-5-7-9-13/h5-9,14-15,17H,4,10-12H2,1-3H3. The summed E-state index contributed by atoms with van der Waals surface area (Å²) in [5.41, 5.74) is 2.04. The fourth-order valence-electron chi connectivity index (χ4n) is 2.87. The van der Waals surface area contributed by atoms with Crippen LogP contribution in [0.1, 0.15) is 39.2 Å². The maximum atomic E-state index is 3.67. The molecule has 1 aromatic rings. The van der Waals surface area contributed by atoms with Gasteiger partial charge in [-0.1, -0.05) is 51.1 Å². The van der Waals surface area contributed by atoms with E-state index in [4.69, 9.17) is 0 Å². The van der Waals surface area contributed by atoms with Crippen LogP contribution in [0.2, 0.25) is 0 Å². The van der Waals surface area contributed by atoms with Gasteiger partial charge in [-0.3, -0.25) is 0 Å². The van der Waals surface area contributed by atoms with Gasteiger partial charge in [0.05, 0.1) is 0 Å². The van der Waals surface area contributed by atoms with Gasteiger partial charge < -0.3 is 5.32 Å². The van der Waals surface area contributed by atoms with Crippen LogP contribution in [0.15, 0.2) is 30.3 Å². The molecule has 0 radical (unpaired) electrons. The van der Waals surface area contributed by atoms with Crippen molar-refractivity contribution in [3.05, 3.63) is 35.9 Å². The molecule has 2 rings (SSSR count). The third-order valence-corrected chi connectivity index (χ3v) is 4.13. The fraction of sp³-hybridized carbons (Fsp3) is 0.625. The van der Waals surface area contributed by atoms with Crippen LogP contribution in [0.25, 0.3) is 0 Å². The minimum Gasteiger partial charge on any atom is -0.314 e. The molecule has 0 saturated heterocycles. The highest BCUT2D eigenvalue weighted by Crippen LogP contribution is 2.54. The van der Waals surface area contributed by atoms with Gasteiger partial charge in [0, 0.05) is 6.04 Å². The van der Waals surface area contributed by atoms with Gasteiger partial charge in [-0.2, -0.15) is 0 Å². The second kappa shape index (κ2) is 5.22. The maximum Gasteiger partial charge on any atom is 0.0104 e. The Hall–Kier alpha value is -0.820. The highest BCUT2D eigenvalue weighted by molar-refractivity contribution is 5.15. The fourth-order valence-corrected chi connectivity index (χ4v) is 2.87. The van der Waals surface area contributed by atoms with Crippen molar-refractivity contribution in [1.29, 1.82) is 0 Å². The molecular formula is C16H25N. The van der Waals surface area contributed by atoms with Gasteiger partial charge in [-0.15, -0.1) is 0 Å². The summed E-state index contributed by atoms with van der Waals surface area (Å²) < 4.78 is 0. The molecule has 1 aliphatic carbocycles. The Morgan fingerprint density at radius 1 is 1.29 bits per heavy atom. The molecule has 1 aliphatic rings. The SMILES string of the molecule is CCNC(CCc1ccccc1)C1CC1(C)C. The lowest BCUT2D eigenvalue weighted by atomic mass is 9.97. The summed E-state index contributed by atoms with van der Waals surface area (Å²) in [5, 5.41) is 3.67. The lowest BCUT2D eigenvalue weighted by molar-refractivity contribution is 0.391. The van der Waals surface area contributed by atoms with Crippen LogP contribution in [0, 0.1) is 11.3 Å². The van der Waals surface area contributed by atoms with Crippen molar-refractivity contribution in [3.8, 4) is 0 Å². The highest BCUT2D eigenvalue weighted by Gasteiger charge is 2.49. The molecule has 1 aromatic carbocycles. The zero-order valence-electron chi connectivity index (χ0n) is 11.4. The monoisotopic (exact) mass is 231 g/mol. The summed E-state index contributed by atoms with van der Waals surface area (Å²) >= 11 is 0.